The van der Waals surface area contributed by atoms with Gasteiger partial charge in [-0.05, 0) is 56.7 Å². The molecule has 0 spiro atoms. The Morgan fingerprint density at radius 2 is 1.88 bits per heavy atom. The van der Waals surface area contributed by atoms with Crippen LogP contribution in [0.15, 0.2) is 53.6 Å². The van der Waals surface area contributed by atoms with Gasteiger partial charge in [0, 0.05) is 49.9 Å². The van der Waals surface area contributed by atoms with Crippen LogP contribution in [0.4, 0.5) is 5.82 Å². The molecule has 1 fully saturated rings. The largest absolute Gasteiger partial charge is 0.487 e. The number of benzene rings is 2. The molecular weight excluding hydrogens is 456 g/mol. The van der Waals surface area contributed by atoms with Gasteiger partial charge in [0.25, 0.3) is 5.91 Å². The quantitative estimate of drug-likeness (QED) is 0.576. The topological polar surface area (TPSA) is 103 Å². The fraction of sp³-hybridized carbons (Fsp3) is 0.333. The highest BCUT2D eigenvalue weighted by atomic mass is 32.2. The van der Waals surface area contributed by atoms with Crippen molar-refractivity contribution in [2.24, 2.45) is 7.05 Å². The molecule has 0 radical (unpaired) electrons. The molecule has 2 aliphatic rings. The van der Waals surface area contributed by atoms with Crippen molar-refractivity contribution in [1.82, 2.24) is 14.1 Å². The summed E-state index contributed by atoms with van der Waals surface area (Å²) in [5.41, 5.74) is 0.789. The molecule has 2 aliphatic heterocycles. The standard InChI is InChI=1S/C24H26N4O5S/c1-24(2)15-19-20(32-17-5-7-18(8-6-17)34(30,31)28-10-4-11-28)13-16(14-21(19)33-24)23(29)25-22-9-12-27(3)26-22/h5-9,12-14H,4,10-11,15H2,1-3H3,(H,25,26,29). The normalized spacial score (nSPS) is 16.9. The molecule has 9 nitrogen and oxygen atoms in total. The van der Waals surface area contributed by atoms with Crippen LogP contribution in [-0.4, -0.2) is 47.1 Å². The van der Waals surface area contributed by atoms with E-state index in [2.05, 4.69) is 10.4 Å². The van der Waals surface area contributed by atoms with Crippen LogP contribution in [0.5, 0.6) is 17.2 Å². The summed E-state index contributed by atoms with van der Waals surface area (Å²) in [4.78, 5) is 13.1. The van der Waals surface area contributed by atoms with Gasteiger partial charge in [0.2, 0.25) is 10.0 Å². The number of sulfonamides is 1. The van der Waals surface area contributed by atoms with Crippen molar-refractivity contribution in [2.45, 2.75) is 37.2 Å². The van der Waals surface area contributed by atoms with E-state index in [1.54, 1.807) is 60.4 Å². The van der Waals surface area contributed by atoms with Gasteiger partial charge in [-0.3, -0.25) is 9.48 Å². The Labute approximate surface area is 198 Å². The second kappa shape index (κ2) is 8.14. The van der Waals surface area contributed by atoms with Crippen LogP contribution in [0.25, 0.3) is 0 Å². The molecule has 0 bridgehead atoms. The van der Waals surface area contributed by atoms with Crippen molar-refractivity contribution in [3.05, 3.63) is 59.8 Å². The summed E-state index contributed by atoms with van der Waals surface area (Å²) in [6.07, 6.45) is 3.24. The third kappa shape index (κ3) is 4.26. The zero-order valence-electron chi connectivity index (χ0n) is 19.2. The summed E-state index contributed by atoms with van der Waals surface area (Å²) in [5, 5.41) is 6.96. The van der Waals surface area contributed by atoms with E-state index in [0.29, 0.717) is 48.1 Å². The molecule has 5 rings (SSSR count). The lowest BCUT2D eigenvalue weighted by atomic mass is 9.99. The smallest absolute Gasteiger partial charge is 0.257 e. The highest BCUT2D eigenvalue weighted by Gasteiger charge is 2.34. The predicted molar refractivity (Wildman–Crippen MR) is 126 cm³/mol. The Balaban J connectivity index is 1.43. The number of amides is 1. The van der Waals surface area contributed by atoms with Crippen LogP contribution in [0.2, 0.25) is 0 Å². The van der Waals surface area contributed by atoms with Gasteiger partial charge in [-0.1, -0.05) is 0 Å². The molecule has 0 aliphatic carbocycles. The zero-order chi connectivity index (χ0) is 24.1. The monoisotopic (exact) mass is 482 g/mol. The number of hydrogen-bond donors (Lipinski definition) is 1. The Bertz CT molecular complexity index is 1360. The molecule has 178 valence electrons. The average Bonchev–Trinajstić information content (AvgIpc) is 3.27. The Kier molecular flexibility index (Phi) is 5.37. The predicted octanol–water partition coefficient (Wildman–Crippen LogP) is 3.57. The lowest BCUT2D eigenvalue weighted by Crippen LogP contribution is -2.41. The molecule has 3 heterocycles. The second-order valence-corrected chi connectivity index (χ2v) is 11.1. The maximum atomic E-state index is 12.9. The number of ether oxygens (including phenoxy) is 2. The summed E-state index contributed by atoms with van der Waals surface area (Å²) < 4.78 is 40.5. The molecule has 1 amide bonds. The van der Waals surface area contributed by atoms with Crippen molar-refractivity contribution in [3.8, 4) is 17.2 Å². The fourth-order valence-electron chi connectivity index (χ4n) is 4.02. The summed E-state index contributed by atoms with van der Waals surface area (Å²) in [7, 11) is -1.69. The van der Waals surface area contributed by atoms with E-state index in [0.717, 1.165) is 12.0 Å². The summed E-state index contributed by atoms with van der Waals surface area (Å²) in [6, 6.07) is 11.4. The van der Waals surface area contributed by atoms with E-state index in [-0.39, 0.29) is 10.8 Å². The lowest BCUT2D eigenvalue weighted by molar-refractivity contribution is 0.102. The van der Waals surface area contributed by atoms with Gasteiger partial charge in [-0.25, -0.2) is 8.42 Å². The highest BCUT2D eigenvalue weighted by Crippen LogP contribution is 2.43. The minimum atomic E-state index is -3.47. The first-order valence-corrected chi connectivity index (χ1v) is 12.5. The van der Waals surface area contributed by atoms with Gasteiger partial charge >= 0.3 is 0 Å². The Hall–Kier alpha value is -3.37. The van der Waals surface area contributed by atoms with Gasteiger partial charge in [0.15, 0.2) is 5.82 Å². The number of hydrogen-bond acceptors (Lipinski definition) is 6. The van der Waals surface area contributed by atoms with E-state index in [1.165, 1.54) is 4.31 Å². The van der Waals surface area contributed by atoms with E-state index >= 15 is 0 Å². The first-order chi connectivity index (χ1) is 16.1. The molecule has 2 aromatic carbocycles. The van der Waals surface area contributed by atoms with Crippen molar-refractivity contribution in [2.75, 3.05) is 18.4 Å². The molecule has 1 aromatic heterocycles. The number of aromatic nitrogens is 2. The van der Waals surface area contributed by atoms with Crippen molar-refractivity contribution in [3.63, 3.8) is 0 Å². The van der Waals surface area contributed by atoms with Gasteiger partial charge in [0.1, 0.15) is 22.8 Å². The number of carbonyl (C=O) groups excluding carboxylic acids is 1. The number of aryl methyl sites for hydroxylation is 1. The van der Waals surface area contributed by atoms with Crippen molar-refractivity contribution >= 4 is 21.7 Å². The number of anilines is 1. The van der Waals surface area contributed by atoms with Crippen LogP contribution >= 0.6 is 0 Å². The zero-order valence-corrected chi connectivity index (χ0v) is 20.1. The van der Waals surface area contributed by atoms with Gasteiger partial charge < -0.3 is 14.8 Å². The summed E-state index contributed by atoms with van der Waals surface area (Å²) >= 11 is 0. The molecule has 0 atom stereocenters. The summed E-state index contributed by atoms with van der Waals surface area (Å²) in [6.45, 7) is 5.05. The fourth-order valence-corrected chi connectivity index (χ4v) is 5.54. The van der Waals surface area contributed by atoms with Crippen LogP contribution in [-0.2, 0) is 23.5 Å². The minimum absolute atomic E-state index is 0.234. The Morgan fingerprint density at radius 1 is 1.15 bits per heavy atom. The van der Waals surface area contributed by atoms with Crippen LogP contribution in [0, 0.1) is 0 Å². The molecule has 3 aromatic rings. The lowest BCUT2D eigenvalue weighted by Gasteiger charge is -2.29. The first-order valence-electron chi connectivity index (χ1n) is 11.1. The molecule has 0 saturated carbocycles. The number of nitrogens with one attached hydrogen (secondary N) is 1. The second-order valence-electron chi connectivity index (χ2n) is 9.15. The van der Waals surface area contributed by atoms with Crippen molar-refractivity contribution in [1.29, 1.82) is 0 Å². The summed E-state index contributed by atoms with van der Waals surface area (Å²) in [5.74, 6) is 1.65. The number of carbonyl (C=O) groups is 1. The number of nitrogens with zero attached hydrogens (tertiary/aromatic N) is 3. The molecular formula is C24H26N4O5S. The van der Waals surface area contributed by atoms with E-state index in [4.69, 9.17) is 9.47 Å². The Morgan fingerprint density at radius 3 is 2.50 bits per heavy atom. The van der Waals surface area contributed by atoms with E-state index < -0.39 is 15.6 Å². The maximum Gasteiger partial charge on any atom is 0.257 e. The van der Waals surface area contributed by atoms with Gasteiger partial charge in [-0.2, -0.15) is 9.40 Å². The molecule has 1 N–H and O–H groups in total. The van der Waals surface area contributed by atoms with Gasteiger partial charge in [0.05, 0.1) is 4.90 Å². The van der Waals surface area contributed by atoms with Crippen LogP contribution in [0.1, 0.15) is 36.2 Å². The molecule has 10 heteroatoms. The van der Waals surface area contributed by atoms with Crippen molar-refractivity contribution < 1.29 is 22.7 Å². The minimum Gasteiger partial charge on any atom is -0.487 e. The third-order valence-corrected chi connectivity index (χ3v) is 7.79. The van der Waals surface area contributed by atoms with Crippen LogP contribution in [0.3, 0.4) is 0 Å². The number of fused-ring (bicyclic) bond motifs is 1. The SMILES string of the molecule is Cn1ccc(NC(=O)c2cc(Oc3ccc(S(=O)(=O)N4CCC4)cc3)c3c(c2)OC(C)(C)C3)n1. The highest BCUT2D eigenvalue weighted by molar-refractivity contribution is 7.89. The van der Waals surface area contributed by atoms with Crippen LogP contribution < -0.4 is 14.8 Å². The van der Waals surface area contributed by atoms with Gasteiger partial charge in [-0.15, -0.1) is 0 Å². The third-order valence-electron chi connectivity index (χ3n) is 5.88. The first kappa shape index (κ1) is 22.4. The molecule has 34 heavy (non-hydrogen) atoms. The molecule has 1 saturated heterocycles. The molecule has 0 unspecified atom stereocenters. The number of rotatable bonds is 6. The van der Waals surface area contributed by atoms with E-state index in [9.17, 15) is 13.2 Å². The maximum absolute atomic E-state index is 12.9. The average molecular weight is 483 g/mol. The van der Waals surface area contributed by atoms with E-state index in [1.807, 2.05) is 13.8 Å².